The lowest BCUT2D eigenvalue weighted by Gasteiger charge is -2.37. The molecule has 6 heteroatoms. The van der Waals surface area contributed by atoms with E-state index in [-0.39, 0.29) is 42.9 Å². The minimum absolute atomic E-state index is 0. The maximum absolute atomic E-state index is 12.6. The van der Waals surface area contributed by atoms with E-state index < -0.39 is 0 Å². The van der Waals surface area contributed by atoms with Crippen LogP contribution < -0.4 is 11.1 Å². The molecule has 1 fully saturated rings. The highest BCUT2D eigenvalue weighted by molar-refractivity contribution is 5.85. The highest BCUT2D eigenvalue weighted by atomic mass is 35.5. The van der Waals surface area contributed by atoms with Crippen molar-refractivity contribution in [3.05, 3.63) is 35.9 Å². The summed E-state index contributed by atoms with van der Waals surface area (Å²) in [4.78, 5) is 12.6. The van der Waals surface area contributed by atoms with Gasteiger partial charge in [-0.05, 0) is 36.2 Å². The van der Waals surface area contributed by atoms with Crippen molar-refractivity contribution in [1.29, 1.82) is 0 Å². The zero-order valence-corrected chi connectivity index (χ0v) is 18.4. The van der Waals surface area contributed by atoms with Crippen LogP contribution in [0.25, 0.3) is 0 Å². The second-order valence-electron chi connectivity index (χ2n) is 7.76. The Morgan fingerprint density at radius 1 is 1.22 bits per heavy atom. The number of carbonyl (C=O) groups excluding carboxylic acids is 1. The zero-order valence-electron chi connectivity index (χ0n) is 16.7. The largest absolute Gasteiger partial charge is 0.462 e. The predicted molar refractivity (Wildman–Crippen MR) is 117 cm³/mol. The van der Waals surface area contributed by atoms with Gasteiger partial charge in [0.15, 0.2) is 0 Å². The lowest BCUT2D eigenvalue weighted by Crippen LogP contribution is -2.37. The Morgan fingerprint density at radius 3 is 2.48 bits per heavy atom. The van der Waals surface area contributed by atoms with Crippen LogP contribution in [0, 0.1) is 17.8 Å². The molecule has 0 spiro atoms. The molecule has 0 aliphatic heterocycles. The molecule has 0 amide bonds. The van der Waals surface area contributed by atoms with Crippen molar-refractivity contribution < 1.29 is 9.53 Å². The molecule has 1 saturated carbocycles. The lowest BCUT2D eigenvalue weighted by molar-refractivity contribution is -0.156. The lowest BCUT2D eigenvalue weighted by atomic mass is 9.75. The molecular formula is C21H36Cl2N2O2. The average Bonchev–Trinajstić information content (AvgIpc) is 2.59. The predicted octanol–water partition coefficient (Wildman–Crippen LogP) is 4.51. The first-order chi connectivity index (χ1) is 12.0. The average molecular weight is 419 g/mol. The quantitative estimate of drug-likeness (QED) is 0.609. The van der Waals surface area contributed by atoms with E-state index in [0.29, 0.717) is 37.3 Å². The minimum atomic E-state index is -0.108. The van der Waals surface area contributed by atoms with Gasteiger partial charge in [0.25, 0.3) is 0 Å². The number of esters is 1. The van der Waals surface area contributed by atoms with Crippen molar-refractivity contribution in [2.45, 2.75) is 58.6 Å². The van der Waals surface area contributed by atoms with Gasteiger partial charge in [0.05, 0.1) is 6.42 Å². The van der Waals surface area contributed by atoms with Gasteiger partial charge in [-0.15, -0.1) is 24.8 Å². The maximum Gasteiger partial charge on any atom is 0.308 e. The first-order valence-electron chi connectivity index (χ1n) is 9.69. The van der Waals surface area contributed by atoms with Gasteiger partial charge in [0, 0.05) is 19.1 Å². The van der Waals surface area contributed by atoms with E-state index in [4.69, 9.17) is 10.5 Å². The molecule has 0 aromatic heterocycles. The van der Waals surface area contributed by atoms with Crippen molar-refractivity contribution in [2.75, 3.05) is 13.1 Å². The van der Waals surface area contributed by atoms with Gasteiger partial charge in [0.1, 0.15) is 6.10 Å². The summed E-state index contributed by atoms with van der Waals surface area (Å²) in [5.41, 5.74) is 6.73. The van der Waals surface area contributed by atoms with E-state index in [1.807, 2.05) is 30.3 Å². The van der Waals surface area contributed by atoms with Crippen LogP contribution in [-0.2, 0) is 9.53 Å². The summed E-state index contributed by atoms with van der Waals surface area (Å²) in [6, 6.07) is 10.0. The minimum Gasteiger partial charge on any atom is -0.462 e. The standard InChI is InChI=1S/C21H34N2O2.2ClH/c1-15(2)18-10-9-16(3)13-20(18)25-21(24)14-19(23-12-11-22)17-7-5-4-6-8-17;;/h4-8,15-16,18-20,23H,9-14,22H2,1-3H3;2*1H. The number of hydrogen-bond acceptors (Lipinski definition) is 4. The van der Waals surface area contributed by atoms with E-state index in [0.717, 1.165) is 18.4 Å². The second kappa shape index (κ2) is 13.4. The molecule has 1 aliphatic rings. The van der Waals surface area contributed by atoms with Gasteiger partial charge < -0.3 is 15.8 Å². The summed E-state index contributed by atoms with van der Waals surface area (Å²) < 4.78 is 5.96. The number of nitrogens with two attached hydrogens (primary N) is 1. The van der Waals surface area contributed by atoms with E-state index in [1.54, 1.807) is 0 Å². The molecule has 3 N–H and O–H groups in total. The molecule has 0 heterocycles. The topological polar surface area (TPSA) is 64.3 Å². The van der Waals surface area contributed by atoms with Crippen LogP contribution in [0.2, 0.25) is 0 Å². The molecule has 0 radical (unpaired) electrons. The fourth-order valence-electron chi connectivity index (χ4n) is 3.88. The Hall–Kier alpha value is -0.810. The molecule has 156 valence electrons. The summed E-state index contributed by atoms with van der Waals surface area (Å²) in [6.07, 6.45) is 3.79. The maximum atomic E-state index is 12.6. The number of rotatable bonds is 8. The van der Waals surface area contributed by atoms with Crippen LogP contribution in [0.3, 0.4) is 0 Å². The first kappa shape index (κ1) is 26.2. The zero-order chi connectivity index (χ0) is 18.2. The SMILES string of the molecule is CC1CCC(C(C)C)C(OC(=O)CC(NCCN)c2ccccc2)C1.Cl.Cl. The molecular weight excluding hydrogens is 383 g/mol. The van der Waals surface area contributed by atoms with Crippen LogP contribution in [0.1, 0.15) is 58.1 Å². The van der Waals surface area contributed by atoms with Gasteiger partial charge >= 0.3 is 5.97 Å². The van der Waals surface area contributed by atoms with Gasteiger partial charge in [-0.2, -0.15) is 0 Å². The van der Waals surface area contributed by atoms with Gasteiger partial charge in [0.2, 0.25) is 0 Å². The van der Waals surface area contributed by atoms with Crippen LogP contribution in [0.15, 0.2) is 30.3 Å². The molecule has 1 aliphatic carbocycles. The Balaban J connectivity index is 0.00000338. The van der Waals surface area contributed by atoms with Crippen LogP contribution >= 0.6 is 24.8 Å². The highest BCUT2D eigenvalue weighted by Crippen LogP contribution is 2.35. The first-order valence-corrected chi connectivity index (χ1v) is 9.69. The van der Waals surface area contributed by atoms with E-state index in [1.165, 1.54) is 6.42 Å². The van der Waals surface area contributed by atoms with Crippen molar-refractivity contribution >= 4 is 30.8 Å². The third kappa shape index (κ3) is 8.39. The summed E-state index contributed by atoms with van der Waals surface area (Å²) in [6.45, 7) is 7.96. The number of ether oxygens (including phenoxy) is 1. The molecule has 1 aromatic rings. The molecule has 0 saturated heterocycles. The number of nitrogens with one attached hydrogen (secondary N) is 1. The third-order valence-corrected chi connectivity index (χ3v) is 5.35. The van der Waals surface area contributed by atoms with Crippen molar-refractivity contribution in [2.24, 2.45) is 23.5 Å². The normalized spacial score (nSPS) is 23.1. The van der Waals surface area contributed by atoms with E-state index in [9.17, 15) is 4.79 Å². The number of carbonyl (C=O) groups is 1. The number of halogens is 2. The van der Waals surface area contributed by atoms with E-state index in [2.05, 4.69) is 26.1 Å². The van der Waals surface area contributed by atoms with Crippen LogP contribution in [0.5, 0.6) is 0 Å². The molecule has 1 aromatic carbocycles. The molecule has 4 nitrogen and oxygen atoms in total. The molecule has 0 bridgehead atoms. The second-order valence-corrected chi connectivity index (χ2v) is 7.76. The summed E-state index contributed by atoms with van der Waals surface area (Å²) in [7, 11) is 0. The fourth-order valence-corrected chi connectivity index (χ4v) is 3.88. The Kier molecular flexibility index (Phi) is 13.0. The fraction of sp³-hybridized carbons (Fsp3) is 0.667. The Bertz CT molecular complexity index is 528. The van der Waals surface area contributed by atoms with Crippen molar-refractivity contribution in [1.82, 2.24) is 5.32 Å². The summed E-state index contributed by atoms with van der Waals surface area (Å²) in [5, 5.41) is 3.37. The Morgan fingerprint density at radius 2 is 1.89 bits per heavy atom. The number of hydrogen-bond donors (Lipinski definition) is 2. The summed E-state index contributed by atoms with van der Waals surface area (Å²) in [5.74, 6) is 1.55. The van der Waals surface area contributed by atoms with E-state index >= 15 is 0 Å². The molecule has 2 rings (SSSR count). The third-order valence-electron chi connectivity index (χ3n) is 5.35. The highest BCUT2D eigenvalue weighted by Gasteiger charge is 2.33. The molecule has 4 unspecified atom stereocenters. The molecule has 27 heavy (non-hydrogen) atoms. The number of benzene rings is 1. The van der Waals surface area contributed by atoms with Gasteiger partial charge in [-0.1, -0.05) is 57.5 Å². The van der Waals surface area contributed by atoms with Gasteiger partial charge in [-0.25, -0.2) is 0 Å². The van der Waals surface area contributed by atoms with Gasteiger partial charge in [-0.3, -0.25) is 4.79 Å². The monoisotopic (exact) mass is 418 g/mol. The Labute approximate surface area is 176 Å². The van der Waals surface area contributed by atoms with Crippen molar-refractivity contribution in [3.8, 4) is 0 Å². The smallest absolute Gasteiger partial charge is 0.308 e. The van der Waals surface area contributed by atoms with Crippen LogP contribution in [0.4, 0.5) is 0 Å². The summed E-state index contributed by atoms with van der Waals surface area (Å²) >= 11 is 0. The van der Waals surface area contributed by atoms with Crippen molar-refractivity contribution in [3.63, 3.8) is 0 Å². The van der Waals surface area contributed by atoms with Crippen LogP contribution in [-0.4, -0.2) is 25.2 Å². The molecule has 4 atom stereocenters.